The van der Waals surface area contributed by atoms with Crippen molar-refractivity contribution in [3.8, 4) is 0 Å². The van der Waals surface area contributed by atoms with Crippen molar-refractivity contribution in [1.82, 2.24) is 9.38 Å². The summed E-state index contributed by atoms with van der Waals surface area (Å²) in [6.45, 7) is 1.41. The second-order valence-electron chi connectivity index (χ2n) is 4.33. The molecule has 0 aromatic carbocycles. The van der Waals surface area contributed by atoms with Crippen LogP contribution in [-0.2, 0) is 11.3 Å². The van der Waals surface area contributed by atoms with Gasteiger partial charge in [0, 0.05) is 17.8 Å². The van der Waals surface area contributed by atoms with Crippen molar-refractivity contribution in [3.05, 3.63) is 23.5 Å². The molecule has 86 valence electrons. The number of hydrogen-bond donors (Lipinski definition) is 1. The van der Waals surface area contributed by atoms with Crippen LogP contribution in [0.5, 0.6) is 0 Å². The highest BCUT2D eigenvalue weighted by Crippen LogP contribution is 2.29. The van der Waals surface area contributed by atoms with Gasteiger partial charge in [0.2, 0.25) is 0 Å². The van der Waals surface area contributed by atoms with Gasteiger partial charge in [-0.15, -0.1) is 11.3 Å². The van der Waals surface area contributed by atoms with Crippen LogP contribution in [0.1, 0.15) is 18.5 Å². The first-order valence-corrected chi connectivity index (χ1v) is 6.46. The Morgan fingerprint density at radius 1 is 1.56 bits per heavy atom. The molecule has 2 N–H and O–H groups in total. The number of nitrogens with zero attached hydrogens (tertiary/aromatic N) is 2. The van der Waals surface area contributed by atoms with Crippen LogP contribution < -0.4 is 5.73 Å². The van der Waals surface area contributed by atoms with Crippen LogP contribution in [0.4, 0.5) is 0 Å². The molecular weight excluding hydrogens is 222 g/mol. The third kappa shape index (κ3) is 1.86. The normalized spacial score (nSPS) is 24.8. The second kappa shape index (κ2) is 4.16. The molecule has 0 radical (unpaired) electrons. The van der Waals surface area contributed by atoms with Gasteiger partial charge in [0.05, 0.1) is 18.4 Å². The van der Waals surface area contributed by atoms with Gasteiger partial charge in [0.15, 0.2) is 4.96 Å². The summed E-state index contributed by atoms with van der Waals surface area (Å²) in [7, 11) is 0. The minimum Gasteiger partial charge on any atom is -0.372 e. The monoisotopic (exact) mass is 237 g/mol. The number of fused-ring (bicyclic) bond motifs is 1. The van der Waals surface area contributed by atoms with E-state index in [-0.39, 0.29) is 0 Å². The summed E-state index contributed by atoms with van der Waals surface area (Å²) in [5, 5.41) is 2.03. The fourth-order valence-corrected chi connectivity index (χ4v) is 2.77. The summed E-state index contributed by atoms with van der Waals surface area (Å²) >= 11 is 1.65. The van der Waals surface area contributed by atoms with E-state index in [4.69, 9.17) is 10.5 Å². The summed E-state index contributed by atoms with van der Waals surface area (Å²) in [4.78, 5) is 5.51. The molecule has 16 heavy (non-hydrogen) atoms. The van der Waals surface area contributed by atoms with Crippen molar-refractivity contribution >= 4 is 16.3 Å². The predicted molar refractivity (Wildman–Crippen MR) is 63.4 cm³/mol. The van der Waals surface area contributed by atoms with Crippen LogP contribution in [0.25, 0.3) is 4.96 Å². The zero-order valence-corrected chi connectivity index (χ0v) is 9.82. The molecule has 1 aliphatic carbocycles. The topological polar surface area (TPSA) is 52.5 Å². The van der Waals surface area contributed by atoms with Crippen molar-refractivity contribution in [1.29, 1.82) is 0 Å². The van der Waals surface area contributed by atoms with Crippen molar-refractivity contribution in [2.45, 2.75) is 25.6 Å². The molecule has 0 bridgehead atoms. The van der Waals surface area contributed by atoms with Gasteiger partial charge in [0.25, 0.3) is 0 Å². The zero-order chi connectivity index (χ0) is 11.0. The Labute approximate surface area is 98.0 Å². The van der Waals surface area contributed by atoms with E-state index in [0.29, 0.717) is 18.6 Å². The van der Waals surface area contributed by atoms with Gasteiger partial charge >= 0.3 is 0 Å². The average molecular weight is 237 g/mol. The Morgan fingerprint density at radius 3 is 3.19 bits per heavy atom. The third-order valence-electron chi connectivity index (χ3n) is 3.14. The van der Waals surface area contributed by atoms with Gasteiger partial charge in [-0.2, -0.15) is 0 Å². The van der Waals surface area contributed by atoms with Crippen molar-refractivity contribution in [2.75, 3.05) is 6.54 Å². The average Bonchev–Trinajstić information content (AvgIpc) is 2.75. The first kappa shape index (κ1) is 10.3. The molecule has 0 saturated heterocycles. The molecule has 3 rings (SSSR count). The number of aromatic nitrogens is 2. The summed E-state index contributed by atoms with van der Waals surface area (Å²) in [5.41, 5.74) is 6.59. The molecule has 1 saturated carbocycles. The predicted octanol–water partition coefficient (Wildman–Crippen LogP) is 1.65. The summed E-state index contributed by atoms with van der Waals surface area (Å²) in [6.07, 6.45) is 6.67. The largest absolute Gasteiger partial charge is 0.372 e. The number of nitrogens with two attached hydrogens (primary N) is 1. The summed E-state index contributed by atoms with van der Waals surface area (Å²) in [6, 6.07) is 0. The van der Waals surface area contributed by atoms with E-state index in [0.717, 1.165) is 30.0 Å². The minimum atomic E-state index is 0.397. The first-order chi connectivity index (χ1) is 7.85. The molecule has 0 aliphatic heterocycles. The van der Waals surface area contributed by atoms with E-state index in [9.17, 15) is 0 Å². The van der Waals surface area contributed by atoms with Crippen molar-refractivity contribution in [2.24, 2.45) is 11.7 Å². The summed E-state index contributed by atoms with van der Waals surface area (Å²) in [5.74, 6) is 0.676. The number of ether oxygens (including phenoxy) is 1. The molecule has 0 amide bonds. The van der Waals surface area contributed by atoms with E-state index in [2.05, 4.69) is 4.98 Å². The highest BCUT2D eigenvalue weighted by molar-refractivity contribution is 7.15. The van der Waals surface area contributed by atoms with E-state index < -0.39 is 0 Å². The quantitative estimate of drug-likeness (QED) is 0.879. The number of hydrogen-bond acceptors (Lipinski definition) is 4. The molecular formula is C11H15N3OS. The van der Waals surface area contributed by atoms with E-state index >= 15 is 0 Å². The van der Waals surface area contributed by atoms with Crippen LogP contribution in [-0.4, -0.2) is 22.0 Å². The minimum absolute atomic E-state index is 0.397. The van der Waals surface area contributed by atoms with E-state index in [1.807, 2.05) is 22.2 Å². The second-order valence-corrected chi connectivity index (χ2v) is 5.20. The van der Waals surface area contributed by atoms with Gasteiger partial charge in [-0.05, 0) is 25.3 Å². The standard InChI is InChI=1S/C11H15N3OS/c12-5-8-3-10(4-8)15-7-9-6-14-1-2-16-11(14)13-9/h1-2,6,8,10H,3-5,7,12H2. The Morgan fingerprint density at radius 2 is 2.44 bits per heavy atom. The smallest absolute Gasteiger partial charge is 0.193 e. The molecule has 4 nitrogen and oxygen atoms in total. The van der Waals surface area contributed by atoms with E-state index in [1.165, 1.54) is 0 Å². The van der Waals surface area contributed by atoms with Crippen LogP contribution in [0.15, 0.2) is 17.8 Å². The molecule has 5 heteroatoms. The maximum atomic E-state index is 5.77. The van der Waals surface area contributed by atoms with Gasteiger partial charge in [-0.1, -0.05) is 0 Å². The van der Waals surface area contributed by atoms with Gasteiger partial charge in [-0.25, -0.2) is 4.98 Å². The Bertz CT molecular complexity index is 444. The number of rotatable bonds is 4. The van der Waals surface area contributed by atoms with Crippen LogP contribution in [0.3, 0.4) is 0 Å². The fourth-order valence-electron chi connectivity index (χ4n) is 2.05. The fraction of sp³-hybridized carbons (Fsp3) is 0.545. The lowest BCUT2D eigenvalue weighted by Crippen LogP contribution is -2.35. The van der Waals surface area contributed by atoms with Gasteiger partial charge in [0.1, 0.15) is 0 Å². The van der Waals surface area contributed by atoms with Crippen molar-refractivity contribution in [3.63, 3.8) is 0 Å². The molecule has 1 fully saturated rings. The molecule has 2 heterocycles. The first-order valence-electron chi connectivity index (χ1n) is 5.58. The van der Waals surface area contributed by atoms with Crippen molar-refractivity contribution < 1.29 is 4.74 Å². The SMILES string of the molecule is NCC1CC(OCc2cn3ccsc3n2)C1. The number of imidazole rings is 1. The molecule has 0 spiro atoms. The van der Waals surface area contributed by atoms with Crippen LogP contribution in [0, 0.1) is 5.92 Å². The zero-order valence-electron chi connectivity index (χ0n) is 9.00. The molecule has 2 aromatic rings. The number of thiazole rings is 1. The lowest BCUT2D eigenvalue weighted by Gasteiger charge is -2.33. The Balaban J connectivity index is 1.54. The van der Waals surface area contributed by atoms with Crippen LogP contribution in [0.2, 0.25) is 0 Å². The maximum absolute atomic E-state index is 5.77. The molecule has 0 unspecified atom stereocenters. The Kier molecular flexibility index (Phi) is 2.67. The van der Waals surface area contributed by atoms with E-state index in [1.54, 1.807) is 11.3 Å². The molecule has 2 aromatic heterocycles. The lowest BCUT2D eigenvalue weighted by atomic mass is 9.82. The maximum Gasteiger partial charge on any atom is 0.193 e. The highest BCUT2D eigenvalue weighted by Gasteiger charge is 2.28. The highest BCUT2D eigenvalue weighted by atomic mass is 32.1. The van der Waals surface area contributed by atoms with Crippen LogP contribution >= 0.6 is 11.3 Å². The molecule has 1 aliphatic rings. The third-order valence-corrected chi connectivity index (χ3v) is 3.91. The van der Waals surface area contributed by atoms with Gasteiger partial charge in [-0.3, -0.25) is 4.40 Å². The summed E-state index contributed by atoms with van der Waals surface area (Å²) < 4.78 is 7.80. The van der Waals surface area contributed by atoms with Gasteiger partial charge < -0.3 is 10.5 Å². The molecule has 0 atom stereocenters. The Hall–Kier alpha value is -0.910. The lowest BCUT2D eigenvalue weighted by molar-refractivity contribution is -0.0386.